The van der Waals surface area contributed by atoms with Gasteiger partial charge in [0, 0.05) is 12.1 Å². The molecule has 5 heteroatoms. The largest absolute Gasteiger partial charge is 0.493 e. The number of benzene rings is 1. The maximum Gasteiger partial charge on any atom is 0.328 e. The summed E-state index contributed by atoms with van der Waals surface area (Å²) in [6.07, 6.45) is 7.13. The van der Waals surface area contributed by atoms with E-state index in [1.807, 2.05) is 0 Å². The van der Waals surface area contributed by atoms with Crippen molar-refractivity contribution < 1.29 is 19.4 Å². The summed E-state index contributed by atoms with van der Waals surface area (Å²) in [7, 11) is 1.55. The van der Waals surface area contributed by atoms with Gasteiger partial charge in [-0.15, -0.1) is 0 Å². The molecule has 1 fully saturated rings. The molecule has 1 aliphatic carbocycles. The molecular weight excluding hydrogens is 280 g/mol. The van der Waals surface area contributed by atoms with E-state index in [2.05, 4.69) is 0 Å². The Morgan fingerprint density at radius 3 is 2.65 bits per heavy atom. The molecule has 2 rings (SSSR count). The van der Waals surface area contributed by atoms with E-state index in [9.17, 15) is 4.79 Å². The summed E-state index contributed by atoms with van der Waals surface area (Å²) in [5.74, 6) is 0.148. The highest BCUT2D eigenvalue weighted by molar-refractivity contribution is 6.32. The lowest BCUT2D eigenvalue weighted by Gasteiger charge is -2.17. The van der Waals surface area contributed by atoms with Gasteiger partial charge >= 0.3 is 5.97 Å². The van der Waals surface area contributed by atoms with Crippen LogP contribution in [0.3, 0.4) is 0 Å². The molecule has 0 unspecified atom stereocenters. The minimum Gasteiger partial charge on any atom is -0.493 e. The normalized spacial score (nSPS) is 15.7. The van der Waals surface area contributed by atoms with Crippen LogP contribution < -0.4 is 9.47 Å². The number of carbonyl (C=O) groups is 1. The molecule has 1 N–H and O–H groups in total. The smallest absolute Gasteiger partial charge is 0.328 e. The Morgan fingerprint density at radius 2 is 2.05 bits per heavy atom. The summed E-state index contributed by atoms with van der Waals surface area (Å²) in [5.41, 5.74) is 0.588. The van der Waals surface area contributed by atoms with E-state index < -0.39 is 5.97 Å². The SMILES string of the molecule is COc1cc(C=CC(=O)O)c(Cl)cc1OC1CCCC1. The predicted molar refractivity (Wildman–Crippen MR) is 77.6 cm³/mol. The van der Waals surface area contributed by atoms with Crippen LogP contribution in [-0.2, 0) is 4.79 Å². The van der Waals surface area contributed by atoms with Gasteiger partial charge < -0.3 is 14.6 Å². The number of hydrogen-bond acceptors (Lipinski definition) is 3. The third kappa shape index (κ3) is 3.67. The van der Waals surface area contributed by atoms with Gasteiger partial charge in [0.15, 0.2) is 11.5 Å². The van der Waals surface area contributed by atoms with Crippen LogP contribution in [0.25, 0.3) is 6.08 Å². The number of aliphatic carboxylic acids is 1. The van der Waals surface area contributed by atoms with Gasteiger partial charge in [-0.3, -0.25) is 0 Å². The van der Waals surface area contributed by atoms with Crippen LogP contribution in [0.4, 0.5) is 0 Å². The summed E-state index contributed by atoms with van der Waals surface area (Å²) in [5, 5.41) is 9.09. The monoisotopic (exact) mass is 296 g/mol. The van der Waals surface area contributed by atoms with Crippen molar-refractivity contribution in [2.75, 3.05) is 7.11 Å². The highest BCUT2D eigenvalue weighted by atomic mass is 35.5. The summed E-state index contributed by atoms with van der Waals surface area (Å²) < 4.78 is 11.2. The van der Waals surface area contributed by atoms with Gasteiger partial charge in [-0.2, -0.15) is 0 Å². The zero-order chi connectivity index (χ0) is 14.5. The Balaban J connectivity index is 2.24. The van der Waals surface area contributed by atoms with Crippen molar-refractivity contribution in [3.8, 4) is 11.5 Å². The Labute approximate surface area is 123 Å². The van der Waals surface area contributed by atoms with Gasteiger partial charge in [0.2, 0.25) is 0 Å². The highest BCUT2D eigenvalue weighted by Gasteiger charge is 2.19. The zero-order valence-corrected chi connectivity index (χ0v) is 12.0. The average molecular weight is 297 g/mol. The lowest BCUT2D eigenvalue weighted by atomic mass is 10.1. The van der Waals surface area contributed by atoms with Gasteiger partial charge in [-0.25, -0.2) is 4.79 Å². The van der Waals surface area contributed by atoms with Gasteiger partial charge in [0.1, 0.15) is 0 Å². The maximum atomic E-state index is 10.5. The van der Waals surface area contributed by atoms with E-state index in [-0.39, 0.29) is 6.10 Å². The molecule has 1 aromatic rings. The number of ether oxygens (including phenoxy) is 2. The highest BCUT2D eigenvalue weighted by Crippen LogP contribution is 2.36. The Hall–Kier alpha value is -1.68. The first-order chi connectivity index (χ1) is 9.60. The number of carboxylic acids is 1. The summed E-state index contributed by atoms with van der Waals surface area (Å²) >= 11 is 6.15. The van der Waals surface area contributed by atoms with E-state index in [1.54, 1.807) is 19.2 Å². The fourth-order valence-corrected chi connectivity index (χ4v) is 2.49. The van der Waals surface area contributed by atoms with E-state index in [0.29, 0.717) is 22.1 Å². The number of hydrogen-bond donors (Lipinski definition) is 1. The molecule has 1 saturated carbocycles. The minimum atomic E-state index is -1.02. The molecule has 108 valence electrons. The quantitative estimate of drug-likeness (QED) is 0.840. The van der Waals surface area contributed by atoms with Gasteiger partial charge in [-0.05, 0) is 43.4 Å². The second-order valence-corrected chi connectivity index (χ2v) is 5.13. The summed E-state index contributed by atoms with van der Waals surface area (Å²) in [6, 6.07) is 3.37. The van der Waals surface area contributed by atoms with Crippen LogP contribution in [0.1, 0.15) is 31.2 Å². The van der Waals surface area contributed by atoms with Crippen LogP contribution in [-0.4, -0.2) is 24.3 Å². The number of carboxylic acid groups (broad SMARTS) is 1. The zero-order valence-electron chi connectivity index (χ0n) is 11.3. The fraction of sp³-hybridized carbons (Fsp3) is 0.400. The fourth-order valence-electron chi connectivity index (χ4n) is 2.28. The molecule has 0 radical (unpaired) electrons. The molecule has 0 saturated heterocycles. The van der Waals surface area contributed by atoms with Gasteiger partial charge in [0.25, 0.3) is 0 Å². The standard InChI is InChI=1S/C15H17ClO4/c1-19-13-8-10(6-7-15(17)18)12(16)9-14(13)20-11-4-2-3-5-11/h6-9,11H,2-5H2,1H3,(H,17,18). The van der Waals surface area contributed by atoms with Crippen molar-refractivity contribution in [3.63, 3.8) is 0 Å². The molecule has 4 nitrogen and oxygen atoms in total. The maximum absolute atomic E-state index is 10.5. The van der Waals surface area contributed by atoms with Gasteiger partial charge in [0.05, 0.1) is 18.2 Å². The van der Waals surface area contributed by atoms with Crippen LogP contribution in [0.5, 0.6) is 11.5 Å². The second-order valence-electron chi connectivity index (χ2n) is 4.72. The van der Waals surface area contributed by atoms with Crippen LogP contribution in [0, 0.1) is 0 Å². The Bertz CT molecular complexity index is 519. The topological polar surface area (TPSA) is 55.8 Å². The molecule has 0 aromatic heterocycles. The third-order valence-electron chi connectivity index (χ3n) is 3.28. The molecular formula is C15H17ClO4. The minimum absolute atomic E-state index is 0.209. The first-order valence-corrected chi connectivity index (χ1v) is 6.93. The molecule has 0 bridgehead atoms. The van der Waals surface area contributed by atoms with E-state index in [0.717, 1.165) is 18.9 Å². The number of rotatable bonds is 5. The van der Waals surface area contributed by atoms with Crippen molar-refractivity contribution in [1.29, 1.82) is 0 Å². The van der Waals surface area contributed by atoms with Crippen molar-refractivity contribution >= 4 is 23.6 Å². The lowest BCUT2D eigenvalue weighted by Crippen LogP contribution is -2.11. The second kappa shape index (κ2) is 6.66. The number of methoxy groups -OCH3 is 1. The first-order valence-electron chi connectivity index (χ1n) is 6.55. The van der Waals surface area contributed by atoms with Crippen LogP contribution in [0.15, 0.2) is 18.2 Å². The Kier molecular flexibility index (Phi) is 4.90. The summed E-state index contributed by atoms with van der Waals surface area (Å²) in [4.78, 5) is 10.5. The third-order valence-corrected chi connectivity index (χ3v) is 3.61. The van der Waals surface area contributed by atoms with Crippen molar-refractivity contribution in [3.05, 3.63) is 28.8 Å². The lowest BCUT2D eigenvalue weighted by molar-refractivity contribution is -0.131. The van der Waals surface area contributed by atoms with Crippen LogP contribution in [0.2, 0.25) is 5.02 Å². The average Bonchev–Trinajstić information content (AvgIpc) is 2.90. The molecule has 20 heavy (non-hydrogen) atoms. The van der Waals surface area contributed by atoms with Crippen molar-refractivity contribution in [1.82, 2.24) is 0 Å². The van der Waals surface area contributed by atoms with Gasteiger partial charge in [-0.1, -0.05) is 11.6 Å². The number of halogens is 1. The molecule has 0 amide bonds. The molecule has 0 atom stereocenters. The summed E-state index contributed by atoms with van der Waals surface area (Å²) in [6.45, 7) is 0. The van der Waals surface area contributed by atoms with Crippen LogP contribution >= 0.6 is 11.6 Å². The van der Waals surface area contributed by atoms with Crippen molar-refractivity contribution in [2.45, 2.75) is 31.8 Å². The first kappa shape index (κ1) is 14.7. The Morgan fingerprint density at radius 1 is 1.35 bits per heavy atom. The molecule has 1 aliphatic rings. The molecule has 1 aromatic carbocycles. The van der Waals surface area contributed by atoms with E-state index in [1.165, 1.54) is 18.9 Å². The molecule has 0 heterocycles. The molecule has 0 aliphatic heterocycles. The molecule has 0 spiro atoms. The predicted octanol–water partition coefficient (Wildman–Crippen LogP) is 3.77. The van der Waals surface area contributed by atoms with E-state index >= 15 is 0 Å². The van der Waals surface area contributed by atoms with E-state index in [4.69, 9.17) is 26.2 Å². The van der Waals surface area contributed by atoms with Crippen molar-refractivity contribution in [2.24, 2.45) is 0 Å².